The van der Waals surface area contributed by atoms with E-state index < -0.39 is 0 Å². The normalized spacial score (nSPS) is 19.5. The highest BCUT2D eigenvalue weighted by Crippen LogP contribution is 2.42. The monoisotopic (exact) mass is 319 g/mol. The van der Waals surface area contributed by atoms with Gasteiger partial charge in [0.1, 0.15) is 5.82 Å². The number of hydrogen-bond donors (Lipinski definition) is 0. The highest BCUT2D eigenvalue weighted by molar-refractivity contribution is 6.48. The second kappa shape index (κ2) is 5.74. The van der Waals surface area contributed by atoms with Gasteiger partial charge in [-0.1, -0.05) is 46.9 Å². The van der Waals surface area contributed by atoms with E-state index in [9.17, 15) is 4.39 Å². The summed E-state index contributed by atoms with van der Waals surface area (Å²) in [5.41, 5.74) is 1.34. The standard InChI is InChI=1S/C14H13Cl3FN/c1-19(2)12-6-3-8(7-11(12)18)9-4-5-10(15)14(17)13(9)16/h3,5-7,9H,4H2,1-2H3. The highest BCUT2D eigenvalue weighted by Gasteiger charge is 2.24. The minimum Gasteiger partial charge on any atom is -0.375 e. The van der Waals surface area contributed by atoms with Crippen LogP contribution >= 0.6 is 34.8 Å². The fourth-order valence-corrected chi connectivity index (χ4v) is 2.83. The molecule has 1 unspecified atom stereocenters. The van der Waals surface area contributed by atoms with Gasteiger partial charge in [-0.2, -0.15) is 0 Å². The van der Waals surface area contributed by atoms with Gasteiger partial charge < -0.3 is 4.90 Å². The summed E-state index contributed by atoms with van der Waals surface area (Å²) in [7, 11) is 3.59. The second-order valence-electron chi connectivity index (χ2n) is 4.61. The smallest absolute Gasteiger partial charge is 0.146 e. The van der Waals surface area contributed by atoms with Crippen LogP contribution in [-0.2, 0) is 0 Å². The van der Waals surface area contributed by atoms with Crippen LogP contribution in [-0.4, -0.2) is 14.1 Å². The average molecular weight is 321 g/mol. The number of allylic oxidation sites excluding steroid dienone is 4. The Balaban J connectivity index is 2.37. The Kier molecular flexibility index (Phi) is 4.44. The van der Waals surface area contributed by atoms with Crippen LogP contribution in [0.3, 0.4) is 0 Å². The van der Waals surface area contributed by atoms with Gasteiger partial charge >= 0.3 is 0 Å². The molecule has 0 aliphatic heterocycles. The van der Waals surface area contributed by atoms with E-state index in [0.717, 1.165) is 5.56 Å². The van der Waals surface area contributed by atoms with Crippen LogP contribution in [0.2, 0.25) is 0 Å². The Hall–Kier alpha value is -0.700. The van der Waals surface area contributed by atoms with Crippen molar-refractivity contribution < 1.29 is 4.39 Å². The van der Waals surface area contributed by atoms with E-state index >= 15 is 0 Å². The van der Waals surface area contributed by atoms with Gasteiger partial charge in [0.15, 0.2) is 0 Å². The Bertz CT molecular complexity index is 564. The number of benzene rings is 1. The van der Waals surface area contributed by atoms with E-state index in [-0.39, 0.29) is 11.7 Å². The number of rotatable bonds is 2. The first kappa shape index (κ1) is 14.7. The molecule has 1 atom stereocenters. The Morgan fingerprint density at radius 3 is 2.47 bits per heavy atom. The maximum Gasteiger partial charge on any atom is 0.146 e. The van der Waals surface area contributed by atoms with Crippen LogP contribution in [0.1, 0.15) is 17.9 Å². The van der Waals surface area contributed by atoms with Crippen molar-refractivity contribution in [1.82, 2.24) is 0 Å². The molecule has 0 aromatic heterocycles. The second-order valence-corrected chi connectivity index (χ2v) is 5.80. The topological polar surface area (TPSA) is 3.24 Å². The largest absolute Gasteiger partial charge is 0.375 e. The van der Waals surface area contributed by atoms with Gasteiger partial charge in [-0.3, -0.25) is 0 Å². The SMILES string of the molecule is CN(C)c1ccc(C2CC=C(Cl)C(Cl)=C2Cl)cc1F. The molecule has 0 heterocycles. The fraction of sp³-hybridized carbons (Fsp3) is 0.286. The third-order valence-electron chi connectivity index (χ3n) is 3.11. The zero-order valence-electron chi connectivity index (χ0n) is 10.6. The van der Waals surface area contributed by atoms with Gasteiger partial charge in [0.25, 0.3) is 0 Å². The summed E-state index contributed by atoms with van der Waals surface area (Å²) >= 11 is 18.2. The van der Waals surface area contributed by atoms with Crippen LogP contribution in [0.15, 0.2) is 39.4 Å². The summed E-state index contributed by atoms with van der Waals surface area (Å²) in [5.74, 6) is -0.411. The molecule has 5 heteroatoms. The number of nitrogens with zero attached hydrogens (tertiary/aromatic N) is 1. The first-order valence-corrected chi connectivity index (χ1v) is 6.93. The van der Waals surface area contributed by atoms with Crippen LogP contribution in [0.25, 0.3) is 0 Å². The lowest BCUT2D eigenvalue weighted by atomic mass is 9.92. The molecule has 0 fully saturated rings. The summed E-state index contributed by atoms with van der Waals surface area (Å²) in [5, 5.41) is 1.26. The van der Waals surface area contributed by atoms with Gasteiger partial charge in [0.2, 0.25) is 0 Å². The fourth-order valence-electron chi connectivity index (χ4n) is 2.07. The molecule has 19 heavy (non-hydrogen) atoms. The molecule has 1 nitrogen and oxygen atoms in total. The quantitative estimate of drug-likeness (QED) is 0.724. The zero-order valence-corrected chi connectivity index (χ0v) is 12.8. The van der Waals surface area contributed by atoms with Crippen LogP contribution < -0.4 is 4.90 Å². The molecule has 0 amide bonds. The minimum absolute atomic E-state index is 0.137. The van der Waals surface area contributed by atoms with Crippen molar-refractivity contribution in [2.45, 2.75) is 12.3 Å². The number of hydrogen-bond acceptors (Lipinski definition) is 1. The Labute approximate surface area is 127 Å². The lowest BCUT2D eigenvalue weighted by Crippen LogP contribution is -2.11. The molecule has 1 aromatic carbocycles. The van der Waals surface area contributed by atoms with Gasteiger partial charge in [-0.25, -0.2) is 4.39 Å². The van der Waals surface area contributed by atoms with Crippen molar-refractivity contribution in [3.63, 3.8) is 0 Å². The predicted octanol–water partition coefficient (Wildman–Crippen LogP) is 5.19. The summed E-state index contributed by atoms with van der Waals surface area (Å²) in [4.78, 5) is 1.72. The van der Waals surface area contributed by atoms with Crippen molar-refractivity contribution in [3.05, 3.63) is 50.8 Å². The van der Waals surface area contributed by atoms with Crippen LogP contribution in [0.5, 0.6) is 0 Å². The third kappa shape index (κ3) is 2.91. The molecule has 0 saturated heterocycles. The average Bonchev–Trinajstić information content (AvgIpc) is 2.35. The van der Waals surface area contributed by atoms with E-state index in [1.165, 1.54) is 6.07 Å². The van der Waals surface area contributed by atoms with Crippen molar-refractivity contribution in [1.29, 1.82) is 0 Å². The van der Waals surface area contributed by atoms with E-state index in [1.807, 2.05) is 6.07 Å². The number of halogens is 4. The lowest BCUT2D eigenvalue weighted by Gasteiger charge is -2.22. The lowest BCUT2D eigenvalue weighted by molar-refractivity contribution is 0.621. The van der Waals surface area contributed by atoms with Crippen LogP contribution in [0.4, 0.5) is 10.1 Å². The molecule has 0 spiro atoms. The van der Waals surface area contributed by atoms with Crippen molar-refractivity contribution in [2.75, 3.05) is 19.0 Å². The molecule has 2 rings (SSSR count). The van der Waals surface area contributed by atoms with E-state index in [1.54, 1.807) is 31.1 Å². The predicted molar refractivity (Wildman–Crippen MR) is 80.8 cm³/mol. The Morgan fingerprint density at radius 2 is 1.89 bits per heavy atom. The van der Waals surface area contributed by atoms with Gasteiger partial charge in [-0.05, 0) is 24.1 Å². The first-order valence-electron chi connectivity index (χ1n) is 5.79. The third-order valence-corrected chi connectivity index (χ3v) is 4.51. The van der Waals surface area contributed by atoms with E-state index in [2.05, 4.69) is 0 Å². The summed E-state index contributed by atoms with van der Waals surface area (Å²) in [6.07, 6.45) is 2.42. The molecule has 0 radical (unpaired) electrons. The molecular formula is C14H13Cl3FN. The molecule has 0 bridgehead atoms. The van der Waals surface area contributed by atoms with Gasteiger partial charge in [0.05, 0.1) is 15.8 Å². The van der Waals surface area contributed by atoms with Crippen molar-refractivity contribution >= 4 is 40.5 Å². The van der Waals surface area contributed by atoms with E-state index in [0.29, 0.717) is 27.2 Å². The summed E-state index contributed by atoms with van der Waals surface area (Å²) in [6.45, 7) is 0. The molecule has 102 valence electrons. The molecule has 0 N–H and O–H groups in total. The van der Waals surface area contributed by atoms with Crippen molar-refractivity contribution in [2.24, 2.45) is 0 Å². The first-order chi connectivity index (χ1) is 8.91. The van der Waals surface area contributed by atoms with Crippen molar-refractivity contribution in [3.8, 4) is 0 Å². The molecular weight excluding hydrogens is 308 g/mol. The Morgan fingerprint density at radius 1 is 1.21 bits per heavy atom. The summed E-state index contributed by atoms with van der Waals surface area (Å²) < 4.78 is 14.0. The maximum absolute atomic E-state index is 14.0. The van der Waals surface area contributed by atoms with Gasteiger partial charge in [-0.15, -0.1) is 0 Å². The minimum atomic E-state index is -0.274. The summed E-state index contributed by atoms with van der Waals surface area (Å²) in [6, 6.07) is 5.10. The molecule has 1 aromatic rings. The number of anilines is 1. The molecule has 1 aliphatic rings. The highest BCUT2D eigenvalue weighted by atomic mass is 35.5. The maximum atomic E-state index is 14.0. The molecule has 0 saturated carbocycles. The van der Waals surface area contributed by atoms with Crippen LogP contribution in [0, 0.1) is 5.82 Å². The zero-order chi connectivity index (χ0) is 14.2. The van der Waals surface area contributed by atoms with Gasteiger partial charge in [0, 0.05) is 25.0 Å². The molecule has 1 aliphatic carbocycles. The van der Waals surface area contributed by atoms with E-state index in [4.69, 9.17) is 34.8 Å².